The third-order valence-corrected chi connectivity index (χ3v) is 1.81. The smallest absolute Gasteiger partial charge is 0.344 e. The highest BCUT2D eigenvalue weighted by molar-refractivity contribution is 5.80. The summed E-state index contributed by atoms with van der Waals surface area (Å²) in [5.41, 5.74) is 0.988. The zero-order chi connectivity index (χ0) is 12.7. The Morgan fingerprint density at radius 2 is 2.41 bits per heavy atom. The van der Waals surface area contributed by atoms with E-state index in [1.165, 1.54) is 13.3 Å². The molecule has 0 atom stereocenters. The van der Waals surface area contributed by atoms with Gasteiger partial charge in [-0.25, -0.2) is 4.79 Å². The number of oxime groups is 1. The second kappa shape index (κ2) is 6.12. The van der Waals surface area contributed by atoms with Crippen LogP contribution in [0.4, 0.5) is 0 Å². The number of methoxy groups -OCH3 is 1. The van der Waals surface area contributed by atoms with Crippen LogP contribution in [0.1, 0.15) is 11.1 Å². The van der Waals surface area contributed by atoms with Crippen molar-refractivity contribution in [2.24, 2.45) is 5.16 Å². The minimum Gasteiger partial charge on any atom is -0.495 e. The molecule has 0 radical (unpaired) electrons. The molecule has 0 aliphatic rings. The Hall–Kier alpha value is -2.55. The van der Waals surface area contributed by atoms with Gasteiger partial charge in [-0.3, -0.25) is 0 Å². The van der Waals surface area contributed by atoms with Crippen LogP contribution >= 0.6 is 0 Å². The zero-order valence-corrected chi connectivity index (χ0v) is 9.08. The first-order valence-corrected chi connectivity index (χ1v) is 4.62. The van der Waals surface area contributed by atoms with Crippen molar-refractivity contribution in [3.63, 3.8) is 0 Å². The topological polar surface area (TPSA) is 91.9 Å². The highest BCUT2D eigenvalue weighted by Crippen LogP contribution is 2.17. The maximum atomic E-state index is 10.1. The van der Waals surface area contributed by atoms with Crippen molar-refractivity contribution < 1.29 is 19.5 Å². The Balaban J connectivity index is 2.73. The van der Waals surface area contributed by atoms with Crippen LogP contribution in [0.2, 0.25) is 0 Å². The summed E-state index contributed by atoms with van der Waals surface area (Å²) in [5, 5.41) is 20.6. The quantitative estimate of drug-likeness (QED) is 0.606. The Kier molecular flexibility index (Phi) is 4.51. The van der Waals surface area contributed by atoms with Crippen LogP contribution in [0.3, 0.4) is 0 Å². The number of hydrogen-bond donors (Lipinski definition) is 1. The number of hydrogen-bond acceptors (Lipinski definition) is 5. The lowest BCUT2D eigenvalue weighted by atomic mass is 10.1. The first-order chi connectivity index (χ1) is 8.17. The van der Waals surface area contributed by atoms with Crippen molar-refractivity contribution in [2.45, 2.75) is 0 Å². The van der Waals surface area contributed by atoms with E-state index in [9.17, 15) is 4.79 Å². The van der Waals surface area contributed by atoms with Crippen molar-refractivity contribution >= 4 is 12.2 Å². The van der Waals surface area contributed by atoms with E-state index in [-0.39, 0.29) is 0 Å². The molecule has 0 saturated heterocycles. The van der Waals surface area contributed by atoms with Crippen LogP contribution < -0.4 is 4.74 Å². The van der Waals surface area contributed by atoms with E-state index in [4.69, 9.17) is 15.1 Å². The lowest BCUT2D eigenvalue weighted by Gasteiger charge is -2.02. The molecule has 0 aliphatic carbocycles. The first-order valence-electron chi connectivity index (χ1n) is 4.62. The van der Waals surface area contributed by atoms with Gasteiger partial charge in [0.2, 0.25) is 6.61 Å². The van der Waals surface area contributed by atoms with Gasteiger partial charge >= 0.3 is 5.97 Å². The predicted molar refractivity (Wildman–Crippen MR) is 58.9 cm³/mol. The fourth-order valence-corrected chi connectivity index (χ4v) is 1.08. The predicted octanol–water partition coefficient (Wildman–Crippen LogP) is 1.00. The molecule has 0 unspecified atom stereocenters. The molecule has 0 amide bonds. The summed E-state index contributed by atoms with van der Waals surface area (Å²) >= 11 is 0. The summed E-state index contributed by atoms with van der Waals surface area (Å²) in [4.78, 5) is 14.6. The van der Waals surface area contributed by atoms with Crippen LogP contribution in [0.25, 0.3) is 0 Å². The Morgan fingerprint density at radius 3 is 3.00 bits per heavy atom. The summed E-state index contributed by atoms with van der Waals surface area (Å²) in [6.45, 7) is -0.502. The van der Waals surface area contributed by atoms with E-state index >= 15 is 0 Å². The highest BCUT2D eigenvalue weighted by Gasteiger charge is 2.02. The summed E-state index contributed by atoms with van der Waals surface area (Å²) in [6, 6.07) is 6.83. The molecule has 88 valence electrons. The van der Waals surface area contributed by atoms with Crippen LogP contribution in [-0.4, -0.2) is 31.0 Å². The second-order valence-corrected chi connectivity index (χ2v) is 2.97. The van der Waals surface area contributed by atoms with Crippen LogP contribution in [0.15, 0.2) is 23.4 Å². The fourth-order valence-electron chi connectivity index (χ4n) is 1.08. The van der Waals surface area contributed by atoms with Gasteiger partial charge in [0.25, 0.3) is 0 Å². The number of benzene rings is 1. The monoisotopic (exact) mass is 234 g/mol. The second-order valence-electron chi connectivity index (χ2n) is 2.97. The van der Waals surface area contributed by atoms with E-state index in [0.717, 1.165) is 0 Å². The van der Waals surface area contributed by atoms with Gasteiger partial charge in [-0.15, -0.1) is 0 Å². The van der Waals surface area contributed by atoms with Crippen molar-refractivity contribution in [1.29, 1.82) is 5.26 Å². The van der Waals surface area contributed by atoms with Gasteiger partial charge in [0.05, 0.1) is 18.9 Å². The Bertz CT molecular complexity index is 477. The summed E-state index contributed by atoms with van der Waals surface area (Å²) in [6.07, 6.45) is 1.32. The van der Waals surface area contributed by atoms with Crippen molar-refractivity contribution in [3.8, 4) is 11.8 Å². The van der Waals surface area contributed by atoms with Gasteiger partial charge < -0.3 is 14.7 Å². The van der Waals surface area contributed by atoms with Crippen LogP contribution in [0.5, 0.6) is 5.75 Å². The highest BCUT2D eigenvalue weighted by atomic mass is 16.6. The minimum atomic E-state index is -1.10. The molecule has 6 heteroatoms. The van der Waals surface area contributed by atoms with E-state index < -0.39 is 12.6 Å². The van der Waals surface area contributed by atoms with Crippen LogP contribution in [-0.2, 0) is 9.63 Å². The lowest BCUT2D eigenvalue weighted by molar-refractivity contribution is -0.142. The summed E-state index contributed by atoms with van der Waals surface area (Å²) < 4.78 is 4.97. The molecule has 1 rings (SSSR count). The zero-order valence-electron chi connectivity index (χ0n) is 9.08. The molecular weight excluding hydrogens is 224 g/mol. The van der Waals surface area contributed by atoms with E-state index in [2.05, 4.69) is 9.99 Å². The lowest BCUT2D eigenvalue weighted by Crippen LogP contribution is -2.03. The Labute approximate surface area is 97.7 Å². The third-order valence-electron chi connectivity index (χ3n) is 1.81. The standard InChI is InChI=1S/C11H10N2O4/c1-16-10-3-2-8(4-9(10)5-12)6-13-17-7-11(14)15/h2-4,6H,7H2,1H3,(H,14,15). The van der Waals surface area contributed by atoms with Gasteiger partial charge in [0.15, 0.2) is 0 Å². The first kappa shape index (κ1) is 12.5. The maximum absolute atomic E-state index is 10.1. The molecule has 1 aromatic carbocycles. The van der Waals surface area contributed by atoms with E-state index in [0.29, 0.717) is 16.9 Å². The molecule has 0 aromatic heterocycles. The summed E-state index contributed by atoms with van der Waals surface area (Å²) in [7, 11) is 1.47. The molecule has 17 heavy (non-hydrogen) atoms. The molecule has 0 bridgehead atoms. The number of nitrogens with zero attached hydrogens (tertiary/aromatic N) is 2. The minimum absolute atomic E-state index is 0.370. The van der Waals surface area contributed by atoms with Crippen molar-refractivity contribution in [2.75, 3.05) is 13.7 Å². The molecule has 0 spiro atoms. The maximum Gasteiger partial charge on any atom is 0.344 e. The number of carboxylic acid groups (broad SMARTS) is 1. The average Bonchev–Trinajstić information content (AvgIpc) is 2.34. The molecule has 0 saturated carbocycles. The normalized spacial score (nSPS) is 9.88. The van der Waals surface area contributed by atoms with Crippen LogP contribution in [0, 0.1) is 11.3 Å². The SMILES string of the molecule is COc1ccc(C=NOCC(=O)O)cc1C#N. The number of nitriles is 1. The van der Waals surface area contributed by atoms with Gasteiger partial charge in [0, 0.05) is 0 Å². The van der Waals surface area contributed by atoms with Crippen molar-refractivity contribution in [3.05, 3.63) is 29.3 Å². The van der Waals surface area contributed by atoms with Gasteiger partial charge in [-0.1, -0.05) is 5.16 Å². The number of ether oxygens (including phenoxy) is 1. The molecule has 0 aliphatic heterocycles. The van der Waals surface area contributed by atoms with E-state index in [1.807, 2.05) is 6.07 Å². The van der Waals surface area contributed by atoms with Crippen molar-refractivity contribution in [1.82, 2.24) is 0 Å². The molecule has 1 aromatic rings. The molecule has 0 fully saturated rings. The number of carbonyl (C=O) groups is 1. The molecular formula is C11H10N2O4. The molecule has 1 N–H and O–H groups in total. The number of carboxylic acids is 1. The van der Waals surface area contributed by atoms with E-state index in [1.54, 1.807) is 18.2 Å². The summed E-state index contributed by atoms with van der Waals surface area (Å²) in [5.74, 6) is -0.634. The molecule has 6 nitrogen and oxygen atoms in total. The Morgan fingerprint density at radius 1 is 1.65 bits per heavy atom. The molecule has 0 heterocycles. The number of rotatable bonds is 5. The van der Waals surface area contributed by atoms with Gasteiger partial charge in [-0.2, -0.15) is 5.26 Å². The average molecular weight is 234 g/mol. The van der Waals surface area contributed by atoms with Gasteiger partial charge in [0.1, 0.15) is 11.8 Å². The number of aliphatic carboxylic acids is 1. The van der Waals surface area contributed by atoms with Gasteiger partial charge in [-0.05, 0) is 23.8 Å². The third kappa shape index (κ3) is 3.83. The largest absolute Gasteiger partial charge is 0.495 e. The fraction of sp³-hybridized carbons (Fsp3) is 0.182.